The van der Waals surface area contributed by atoms with Gasteiger partial charge in [0.2, 0.25) is 0 Å². The molecule has 21 heavy (non-hydrogen) atoms. The van der Waals surface area contributed by atoms with Gasteiger partial charge in [-0.05, 0) is 36.5 Å². The minimum Gasteiger partial charge on any atom is -0.469 e. The minimum absolute atomic E-state index is 0.0381. The van der Waals surface area contributed by atoms with E-state index in [1.807, 2.05) is 32.0 Å². The van der Waals surface area contributed by atoms with Crippen LogP contribution in [0.2, 0.25) is 0 Å². The van der Waals surface area contributed by atoms with Crippen LogP contribution in [0.25, 0.3) is 0 Å². The third-order valence-electron chi connectivity index (χ3n) is 3.83. The van der Waals surface area contributed by atoms with Crippen LogP contribution in [0.5, 0.6) is 0 Å². The predicted octanol–water partition coefficient (Wildman–Crippen LogP) is 2.29. The lowest BCUT2D eigenvalue weighted by Gasteiger charge is -2.19. The smallest absolute Gasteiger partial charge is 0.307 e. The molecule has 114 valence electrons. The molecule has 0 amide bonds. The first-order valence-electron chi connectivity index (χ1n) is 7.50. The van der Waals surface area contributed by atoms with E-state index in [2.05, 4.69) is 5.32 Å². The number of hydrogen-bond acceptors (Lipinski definition) is 4. The fourth-order valence-corrected chi connectivity index (χ4v) is 2.81. The van der Waals surface area contributed by atoms with Crippen LogP contribution in [-0.2, 0) is 22.4 Å². The fourth-order valence-electron chi connectivity index (χ4n) is 2.81. The van der Waals surface area contributed by atoms with Gasteiger partial charge < -0.3 is 10.1 Å². The number of ketones is 1. The highest BCUT2D eigenvalue weighted by Crippen LogP contribution is 2.23. The molecule has 4 nitrogen and oxygen atoms in total. The summed E-state index contributed by atoms with van der Waals surface area (Å²) in [7, 11) is 1.34. The number of ether oxygens (including phenoxy) is 1. The Morgan fingerprint density at radius 3 is 2.62 bits per heavy atom. The van der Waals surface area contributed by atoms with Gasteiger partial charge in [-0.15, -0.1) is 0 Å². The average Bonchev–Trinajstić information content (AvgIpc) is 2.92. The minimum atomic E-state index is -0.531. The molecule has 1 N–H and O–H groups in total. The Morgan fingerprint density at radius 2 is 1.95 bits per heavy atom. The fraction of sp³-hybridized carbons (Fsp3) is 0.529. The largest absolute Gasteiger partial charge is 0.469 e. The van der Waals surface area contributed by atoms with E-state index in [-0.39, 0.29) is 24.2 Å². The summed E-state index contributed by atoms with van der Waals surface area (Å²) >= 11 is 0. The number of carbonyl (C=O) groups is 2. The Hall–Kier alpha value is -1.68. The molecule has 4 heteroatoms. The number of benzene rings is 1. The number of hydrogen-bond donors (Lipinski definition) is 1. The molecular weight excluding hydrogens is 266 g/mol. The zero-order valence-electron chi connectivity index (χ0n) is 12.9. The van der Waals surface area contributed by atoms with Gasteiger partial charge in [-0.1, -0.05) is 26.0 Å². The highest BCUT2D eigenvalue weighted by molar-refractivity contribution is 6.02. The number of carbonyl (C=O) groups excluding carboxylic acids is 2. The first-order chi connectivity index (χ1) is 10.0. The summed E-state index contributed by atoms with van der Waals surface area (Å²) in [5.74, 6) is -0.411. The Morgan fingerprint density at radius 1 is 1.24 bits per heavy atom. The molecule has 1 aromatic rings. The van der Waals surface area contributed by atoms with E-state index < -0.39 is 6.04 Å². The van der Waals surface area contributed by atoms with Gasteiger partial charge in [-0.3, -0.25) is 9.59 Å². The van der Waals surface area contributed by atoms with Gasteiger partial charge in [0.1, 0.15) is 0 Å². The molecular formula is C17H23NO3. The van der Waals surface area contributed by atoms with E-state index in [0.717, 1.165) is 19.3 Å². The monoisotopic (exact) mass is 289 g/mol. The van der Waals surface area contributed by atoms with Crippen LogP contribution in [-0.4, -0.2) is 30.9 Å². The second-order valence-electron chi connectivity index (χ2n) is 5.86. The van der Waals surface area contributed by atoms with Gasteiger partial charge in [0.15, 0.2) is 5.78 Å². The number of esters is 1. The first kappa shape index (κ1) is 15.7. The molecule has 0 saturated heterocycles. The third kappa shape index (κ3) is 3.91. The molecule has 1 aromatic carbocycles. The molecule has 0 bridgehead atoms. The number of nitrogens with one attached hydrogen (secondary N) is 1. The van der Waals surface area contributed by atoms with Gasteiger partial charge in [-0.2, -0.15) is 0 Å². The van der Waals surface area contributed by atoms with Crippen LogP contribution in [0.3, 0.4) is 0 Å². The molecule has 0 aromatic heterocycles. The quantitative estimate of drug-likeness (QED) is 0.645. The molecule has 0 saturated carbocycles. The van der Waals surface area contributed by atoms with Crippen LogP contribution < -0.4 is 5.32 Å². The Balaban J connectivity index is 2.18. The van der Waals surface area contributed by atoms with Gasteiger partial charge in [-0.25, -0.2) is 0 Å². The highest BCUT2D eigenvalue weighted by atomic mass is 16.5. The molecule has 0 spiro atoms. The maximum absolute atomic E-state index is 12.7. The lowest BCUT2D eigenvalue weighted by molar-refractivity contribution is -0.141. The average molecular weight is 289 g/mol. The lowest BCUT2D eigenvalue weighted by Crippen LogP contribution is -2.42. The summed E-state index contributed by atoms with van der Waals surface area (Å²) in [5, 5.41) is 3.16. The van der Waals surface area contributed by atoms with Crippen LogP contribution in [0.15, 0.2) is 18.2 Å². The van der Waals surface area contributed by atoms with Crippen molar-refractivity contribution < 1.29 is 14.3 Å². The second kappa shape index (κ2) is 6.85. The van der Waals surface area contributed by atoms with Crippen molar-refractivity contribution in [2.24, 2.45) is 0 Å². The topological polar surface area (TPSA) is 55.4 Å². The van der Waals surface area contributed by atoms with Crippen molar-refractivity contribution in [3.8, 4) is 0 Å². The molecule has 1 aliphatic carbocycles. The van der Waals surface area contributed by atoms with E-state index >= 15 is 0 Å². The summed E-state index contributed by atoms with van der Waals surface area (Å²) in [4.78, 5) is 24.2. The van der Waals surface area contributed by atoms with Gasteiger partial charge in [0.25, 0.3) is 0 Å². The number of methoxy groups -OCH3 is 1. The van der Waals surface area contributed by atoms with Crippen molar-refractivity contribution in [1.29, 1.82) is 0 Å². The summed E-state index contributed by atoms with van der Waals surface area (Å²) in [6.45, 7) is 3.92. The summed E-state index contributed by atoms with van der Waals surface area (Å²) in [6, 6.07) is 5.49. The van der Waals surface area contributed by atoms with Crippen LogP contribution in [0.4, 0.5) is 0 Å². The highest BCUT2D eigenvalue weighted by Gasteiger charge is 2.25. The van der Waals surface area contributed by atoms with E-state index in [0.29, 0.717) is 5.56 Å². The Bertz CT molecular complexity index is 537. The van der Waals surface area contributed by atoms with E-state index in [1.165, 1.54) is 18.2 Å². The Labute approximate surface area is 125 Å². The van der Waals surface area contributed by atoms with Gasteiger partial charge >= 0.3 is 5.97 Å². The summed E-state index contributed by atoms with van der Waals surface area (Å²) in [5.41, 5.74) is 3.29. The molecule has 2 rings (SSSR count). The molecule has 0 radical (unpaired) electrons. The molecule has 1 unspecified atom stereocenters. The SMILES string of the molecule is COC(=O)CC(NC(C)C)C(=O)c1ccc2c(c1)CCC2. The summed E-state index contributed by atoms with van der Waals surface area (Å²) in [6.07, 6.45) is 3.35. The number of rotatable bonds is 6. The van der Waals surface area contributed by atoms with Crippen molar-refractivity contribution in [2.45, 2.75) is 51.6 Å². The molecule has 0 heterocycles. The van der Waals surface area contributed by atoms with E-state index in [1.54, 1.807) is 0 Å². The van der Waals surface area contributed by atoms with Crippen LogP contribution in [0, 0.1) is 0 Å². The standard InChI is InChI=1S/C17H23NO3/c1-11(2)18-15(10-16(19)21-3)17(20)14-8-7-12-5-4-6-13(12)9-14/h7-9,11,15,18H,4-6,10H2,1-3H3. The number of aryl methyl sites for hydroxylation is 2. The maximum atomic E-state index is 12.7. The van der Waals surface area contributed by atoms with Crippen molar-refractivity contribution in [3.63, 3.8) is 0 Å². The van der Waals surface area contributed by atoms with Crippen LogP contribution >= 0.6 is 0 Å². The van der Waals surface area contributed by atoms with E-state index in [4.69, 9.17) is 4.74 Å². The van der Waals surface area contributed by atoms with Crippen molar-refractivity contribution >= 4 is 11.8 Å². The number of Topliss-reactive ketones (excluding diaryl/α,β-unsaturated/α-hetero) is 1. The Kier molecular flexibility index (Phi) is 5.12. The zero-order chi connectivity index (χ0) is 15.4. The molecule has 1 atom stereocenters. The zero-order valence-corrected chi connectivity index (χ0v) is 12.9. The maximum Gasteiger partial charge on any atom is 0.307 e. The summed E-state index contributed by atoms with van der Waals surface area (Å²) < 4.78 is 4.69. The van der Waals surface area contributed by atoms with E-state index in [9.17, 15) is 9.59 Å². The lowest BCUT2D eigenvalue weighted by atomic mass is 9.97. The third-order valence-corrected chi connectivity index (χ3v) is 3.83. The van der Waals surface area contributed by atoms with Crippen molar-refractivity contribution in [3.05, 3.63) is 34.9 Å². The number of fused-ring (bicyclic) bond motifs is 1. The van der Waals surface area contributed by atoms with Crippen molar-refractivity contribution in [2.75, 3.05) is 7.11 Å². The van der Waals surface area contributed by atoms with Crippen molar-refractivity contribution in [1.82, 2.24) is 5.32 Å². The molecule has 1 aliphatic rings. The molecule has 0 fully saturated rings. The van der Waals surface area contributed by atoms with Gasteiger partial charge in [0.05, 0.1) is 19.6 Å². The molecule has 0 aliphatic heterocycles. The van der Waals surface area contributed by atoms with Crippen LogP contribution in [0.1, 0.15) is 48.2 Å². The van der Waals surface area contributed by atoms with Gasteiger partial charge in [0, 0.05) is 11.6 Å². The normalized spacial score (nSPS) is 14.9. The second-order valence-corrected chi connectivity index (χ2v) is 5.86. The predicted molar refractivity (Wildman–Crippen MR) is 81.5 cm³/mol. The first-order valence-corrected chi connectivity index (χ1v) is 7.50.